The fourth-order valence-electron chi connectivity index (χ4n) is 4.63. The maximum Gasteiger partial charge on any atom is 0.318 e. The lowest BCUT2D eigenvalue weighted by molar-refractivity contribution is -0.0771. The van der Waals surface area contributed by atoms with Gasteiger partial charge in [-0.25, -0.2) is 0 Å². The van der Waals surface area contributed by atoms with Crippen LogP contribution in [0.3, 0.4) is 0 Å². The number of piperidine rings is 1. The van der Waals surface area contributed by atoms with Crippen molar-refractivity contribution in [2.45, 2.75) is 50.0 Å². The molecule has 0 N–H and O–H groups in total. The Labute approximate surface area is 165 Å². The number of benzene rings is 1. The quantitative estimate of drug-likeness (QED) is 0.799. The van der Waals surface area contributed by atoms with Crippen molar-refractivity contribution in [2.24, 2.45) is 0 Å². The van der Waals surface area contributed by atoms with E-state index >= 15 is 0 Å². The van der Waals surface area contributed by atoms with Crippen molar-refractivity contribution in [1.82, 2.24) is 10.2 Å². The van der Waals surface area contributed by atoms with Gasteiger partial charge in [-0.05, 0) is 55.4 Å². The molecule has 0 radical (unpaired) electrons. The van der Waals surface area contributed by atoms with Crippen LogP contribution < -0.4 is 14.4 Å². The van der Waals surface area contributed by atoms with Crippen LogP contribution in [0, 0.1) is 0 Å². The van der Waals surface area contributed by atoms with E-state index in [0.717, 1.165) is 56.3 Å². The molecule has 3 heterocycles. The summed E-state index contributed by atoms with van der Waals surface area (Å²) in [7, 11) is 3.36. The molecule has 1 spiro atoms. The van der Waals surface area contributed by atoms with Crippen molar-refractivity contribution in [3.8, 4) is 11.5 Å². The van der Waals surface area contributed by atoms with Crippen LogP contribution in [0.4, 0.5) is 6.01 Å². The number of hydrogen-bond donors (Lipinski definition) is 0. The molecule has 5 rings (SSSR count). The molecule has 1 saturated carbocycles. The Bertz CT molecular complexity index is 853. The molecule has 7 heteroatoms. The van der Waals surface area contributed by atoms with Crippen LogP contribution in [0.1, 0.15) is 55.0 Å². The van der Waals surface area contributed by atoms with Gasteiger partial charge in [0, 0.05) is 19.0 Å². The molecule has 1 saturated heterocycles. The average Bonchev–Trinajstić information content (AvgIpc) is 3.16. The number of hydrogen-bond acceptors (Lipinski definition) is 7. The van der Waals surface area contributed by atoms with Gasteiger partial charge in [-0.1, -0.05) is 11.5 Å². The normalized spacial score (nSPS) is 21.3. The lowest BCUT2D eigenvalue weighted by Gasteiger charge is -2.44. The van der Waals surface area contributed by atoms with Crippen molar-refractivity contribution in [1.29, 1.82) is 0 Å². The van der Waals surface area contributed by atoms with Gasteiger partial charge >= 0.3 is 6.01 Å². The Morgan fingerprint density at radius 2 is 1.82 bits per heavy atom. The van der Waals surface area contributed by atoms with Crippen LogP contribution in [-0.4, -0.2) is 44.1 Å². The predicted molar refractivity (Wildman–Crippen MR) is 103 cm³/mol. The highest BCUT2D eigenvalue weighted by atomic mass is 16.5. The fourth-order valence-corrected chi connectivity index (χ4v) is 4.63. The third-order valence-electron chi connectivity index (χ3n) is 6.58. The molecule has 2 aromatic rings. The number of ether oxygens (including phenoxy) is 3. The highest BCUT2D eigenvalue weighted by molar-refractivity contribution is 5.50. The second-order valence-corrected chi connectivity index (χ2v) is 7.99. The Balaban J connectivity index is 1.37. The lowest BCUT2D eigenvalue weighted by Crippen LogP contribution is -2.46. The van der Waals surface area contributed by atoms with Gasteiger partial charge in [0.25, 0.3) is 0 Å². The van der Waals surface area contributed by atoms with Gasteiger partial charge in [-0.3, -0.25) is 0 Å². The van der Waals surface area contributed by atoms with E-state index in [2.05, 4.69) is 27.2 Å². The van der Waals surface area contributed by atoms with Crippen molar-refractivity contribution in [3.63, 3.8) is 0 Å². The molecule has 1 aromatic carbocycles. The third kappa shape index (κ3) is 2.83. The first-order valence-corrected chi connectivity index (χ1v) is 10.2. The second-order valence-electron chi connectivity index (χ2n) is 7.99. The monoisotopic (exact) mass is 385 g/mol. The minimum Gasteiger partial charge on any atom is -0.493 e. The van der Waals surface area contributed by atoms with Crippen LogP contribution >= 0.6 is 0 Å². The summed E-state index contributed by atoms with van der Waals surface area (Å²) >= 11 is 0. The van der Waals surface area contributed by atoms with E-state index in [1.807, 2.05) is 0 Å². The smallest absolute Gasteiger partial charge is 0.318 e. The minimum atomic E-state index is -0.277. The number of anilines is 1. The van der Waals surface area contributed by atoms with E-state index in [1.165, 1.54) is 30.4 Å². The van der Waals surface area contributed by atoms with Crippen LogP contribution in [0.25, 0.3) is 0 Å². The number of aromatic nitrogens is 2. The van der Waals surface area contributed by atoms with E-state index in [-0.39, 0.29) is 5.60 Å². The summed E-state index contributed by atoms with van der Waals surface area (Å²) in [5.74, 6) is 2.81. The van der Waals surface area contributed by atoms with Crippen molar-refractivity contribution in [3.05, 3.63) is 29.2 Å². The van der Waals surface area contributed by atoms with Crippen molar-refractivity contribution < 1.29 is 18.6 Å². The van der Waals surface area contributed by atoms with Gasteiger partial charge in [0.15, 0.2) is 11.5 Å². The topological polar surface area (TPSA) is 69.9 Å². The SMILES string of the molecule is COc1cc2c(cc1OC)C1(CCN(c3nnc(C4CCC4)o3)CC1)OCC2. The van der Waals surface area contributed by atoms with Crippen molar-refractivity contribution in [2.75, 3.05) is 38.8 Å². The maximum absolute atomic E-state index is 6.37. The number of methoxy groups -OCH3 is 2. The maximum atomic E-state index is 6.37. The van der Waals surface area contributed by atoms with E-state index < -0.39 is 0 Å². The molecule has 2 fully saturated rings. The third-order valence-corrected chi connectivity index (χ3v) is 6.58. The van der Waals surface area contributed by atoms with Gasteiger partial charge in [-0.2, -0.15) is 0 Å². The van der Waals surface area contributed by atoms with Crippen LogP contribution in [0.15, 0.2) is 16.5 Å². The summed E-state index contributed by atoms with van der Waals surface area (Å²) in [5.41, 5.74) is 2.25. The predicted octanol–water partition coefficient (Wildman–Crippen LogP) is 3.42. The zero-order valence-corrected chi connectivity index (χ0v) is 16.6. The first-order chi connectivity index (χ1) is 13.7. The first kappa shape index (κ1) is 17.8. The molecule has 0 amide bonds. The second kappa shape index (κ2) is 6.95. The number of fused-ring (bicyclic) bond motifs is 2. The van der Waals surface area contributed by atoms with Crippen LogP contribution in [0.2, 0.25) is 0 Å². The molecular weight excluding hydrogens is 358 g/mol. The number of nitrogens with zero attached hydrogens (tertiary/aromatic N) is 3. The number of rotatable bonds is 4. The molecule has 2 aliphatic heterocycles. The van der Waals surface area contributed by atoms with Gasteiger partial charge in [0.2, 0.25) is 5.89 Å². The van der Waals surface area contributed by atoms with E-state index in [4.69, 9.17) is 18.6 Å². The van der Waals surface area contributed by atoms with Gasteiger partial charge < -0.3 is 23.5 Å². The van der Waals surface area contributed by atoms with Gasteiger partial charge in [-0.15, -0.1) is 5.10 Å². The zero-order chi connectivity index (χ0) is 19.1. The standard InChI is InChI=1S/C21H27N3O4/c1-25-17-12-15-6-11-27-21(16(15)13-18(17)26-2)7-9-24(10-8-21)20-23-22-19(28-20)14-4-3-5-14/h12-14H,3-11H2,1-2H3. The highest BCUT2D eigenvalue weighted by Crippen LogP contribution is 2.46. The van der Waals surface area contributed by atoms with Crippen LogP contribution in [-0.2, 0) is 16.8 Å². The minimum absolute atomic E-state index is 0.277. The molecule has 1 aromatic heterocycles. The summed E-state index contributed by atoms with van der Waals surface area (Å²) < 4.78 is 23.4. The Morgan fingerprint density at radius 1 is 1.07 bits per heavy atom. The van der Waals surface area contributed by atoms with Crippen LogP contribution in [0.5, 0.6) is 11.5 Å². The summed E-state index contributed by atoms with van der Waals surface area (Å²) in [6.07, 6.45) is 6.27. The summed E-state index contributed by atoms with van der Waals surface area (Å²) in [5, 5.41) is 8.58. The van der Waals surface area contributed by atoms with Gasteiger partial charge in [0.1, 0.15) is 0 Å². The van der Waals surface area contributed by atoms with E-state index in [0.29, 0.717) is 11.9 Å². The van der Waals surface area contributed by atoms with Crippen molar-refractivity contribution >= 4 is 6.01 Å². The summed E-state index contributed by atoms with van der Waals surface area (Å²) in [6.45, 7) is 2.40. The average molecular weight is 385 g/mol. The lowest BCUT2D eigenvalue weighted by atomic mass is 9.79. The molecule has 28 heavy (non-hydrogen) atoms. The van der Waals surface area contributed by atoms with E-state index in [9.17, 15) is 0 Å². The highest BCUT2D eigenvalue weighted by Gasteiger charge is 2.42. The fraction of sp³-hybridized carbons (Fsp3) is 0.619. The molecule has 3 aliphatic rings. The molecular formula is C21H27N3O4. The molecule has 0 unspecified atom stereocenters. The summed E-state index contributed by atoms with van der Waals surface area (Å²) in [6, 6.07) is 4.86. The first-order valence-electron chi connectivity index (χ1n) is 10.2. The molecule has 1 aliphatic carbocycles. The zero-order valence-electron chi connectivity index (χ0n) is 16.6. The van der Waals surface area contributed by atoms with E-state index in [1.54, 1.807) is 14.2 Å². The molecule has 7 nitrogen and oxygen atoms in total. The van der Waals surface area contributed by atoms with Gasteiger partial charge in [0.05, 0.1) is 26.4 Å². The Morgan fingerprint density at radius 3 is 2.50 bits per heavy atom. The molecule has 150 valence electrons. The summed E-state index contributed by atoms with van der Waals surface area (Å²) in [4.78, 5) is 2.19. The Hall–Kier alpha value is -2.28. The Kier molecular flexibility index (Phi) is 4.42. The molecule has 0 atom stereocenters. The molecule has 0 bridgehead atoms. The largest absolute Gasteiger partial charge is 0.493 e.